The van der Waals surface area contributed by atoms with E-state index in [0.29, 0.717) is 5.56 Å². The minimum Gasteiger partial charge on any atom is -0.369 e. The van der Waals surface area contributed by atoms with E-state index in [1.807, 2.05) is 39.0 Å². The van der Waals surface area contributed by atoms with Crippen LogP contribution < -0.4 is 0 Å². The molecule has 0 fully saturated rings. The van der Waals surface area contributed by atoms with Crippen LogP contribution in [0, 0.1) is 20.8 Å². The fourth-order valence-corrected chi connectivity index (χ4v) is 3.23. The molecule has 0 amide bonds. The molecule has 0 aromatic heterocycles. The van der Waals surface area contributed by atoms with Gasteiger partial charge in [0.25, 0.3) is 0 Å². The lowest BCUT2D eigenvalue weighted by atomic mass is 9.87. The molecule has 0 aliphatic rings. The number of hydrogen-bond donors (Lipinski definition) is 0. The number of benzene rings is 2. The third kappa shape index (κ3) is 2.95. The molecule has 0 radical (unpaired) electrons. The highest BCUT2D eigenvalue weighted by Gasteiger charge is 2.20. The van der Waals surface area contributed by atoms with E-state index in [4.69, 9.17) is 0 Å². The summed E-state index contributed by atoms with van der Waals surface area (Å²) >= 11 is 0. The number of carbonyl (C=O) groups excluding carboxylic acids is 1. The highest BCUT2D eigenvalue weighted by atomic mass is 31.1. The van der Waals surface area contributed by atoms with Gasteiger partial charge in [0.15, 0.2) is 0 Å². The van der Waals surface area contributed by atoms with Crippen molar-refractivity contribution in [3.63, 3.8) is 0 Å². The van der Waals surface area contributed by atoms with Crippen molar-refractivity contribution < 1.29 is 13.9 Å². The number of carbonyl (C=O) groups is 1. The van der Waals surface area contributed by atoms with E-state index in [1.165, 1.54) is 5.56 Å². The maximum Gasteiger partial charge on any atom is 0.398 e. The van der Waals surface area contributed by atoms with Crippen molar-refractivity contribution in [3.05, 3.63) is 58.1 Å². The fraction of sp³-hybridized carbons (Fsp3) is 0.278. The molecule has 0 saturated heterocycles. The van der Waals surface area contributed by atoms with E-state index in [0.717, 1.165) is 34.2 Å². The van der Waals surface area contributed by atoms with Gasteiger partial charge in [-0.2, -0.15) is 0 Å². The Balaban J connectivity index is 2.74. The molecule has 2 rings (SSSR count). The van der Waals surface area contributed by atoms with Crippen LogP contribution in [0.4, 0.5) is 0 Å². The molecule has 0 atom stereocenters. The summed E-state index contributed by atoms with van der Waals surface area (Å²) in [6.07, 6.45) is 0.919. The van der Waals surface area contributed by atoms with Crippen molar-refractivity contribution >= 4 is 14.7 Å². The molecule has 3 nitrogen and oxygen atoms in total. The van der Waals surface area contributed by atoms with Crippen LogP contribution >= 0.6 is 8.69 Å². The van der Waals surface area contributed by atoms with E-state index >= 15 is 0 Å². The van der Waals surface area contributed by atoms with Crippen LogP contribution in [0.15, 0.2) is 30.3 Å². The molecule has 0 aliphatic carbocycles. The molecule has 4 heteroatoms. The van der Waals surface area contributed by atoms with Crippen LogP contribution in [0.25, 0.3) is 11.1 Å². The first-order valence-corrected chi connectivity index (χ1v) is 7.97. The molecule has 0 N–H and O–H groups in total. The second kappa shape index (κ2) is 6.85. The highest BCUT2D eigenvalue weighted by molar-refractivity contribution is 7.18. The predicted octanol–water partition coefficient (Wildman–Crippen LogP) is 5.20. The monoisotopic (exact) mass is 314 g/mol. The van der Waals surface area contributed by atoms with Crippen LogP contribution in [-0.4, -0.2) is 5.97 Å². The van der Waals surface area contributed by atoms with E-state index in [9.17, 15) is 9.36 Å². The summed E-state index contributed by atoms with van der Waals surface area (Å²) < 4.78 is 15.2. The molecule has 2 aromatic rings. The van der Waals surface area contributed by atoms with Gasteiger partial charge in [-0.25, -0.2) is 9.36 Å². The Kier molecular flexibility index (Phi) is 5.10. The smallest absolute Gasteiger partial charge is 0.369 e. The summed E-state index contributed by atoms with van der Waals surface area (Å²) in [5, 5.41) is 0. The average Bonchev–Trinajstić information content (AvgIpc) is 2.47. The Morgan fingerprint density at radius 2 is 1.82 bits per heavy atom. The van der Waals surface area contributed by atoms with E-state index in [-0.39, 0.29) is 0 Å². The zero-order valence-electron chi connectivity index (χ0n) is 13.3. The SMILES string of the molecule is CCc1ccccc1-c1c(C)cc(C)c(C(=O)OP=O)c1C. The van der Waals surface area contributed by atoms with Gasteiger partial charge in [-0.15, -0.1) is 0 Å². The first-order valence-electron chi connectivity index (χ1n) is 7.24. The Labute approximate surface area is 132 Å². The van der Waals surface area contributed by atoms with Crippen molar-refractivity contribution in [2.45, 2.75) is 34.1 Å². The molecule has 2 aromatic carbocycles. The normalized spacial score (nSPS) is 10.7. The summed E-state index contributed by atoms with van der Waals surface area (Å²) in [4.78, 5) is 12.1. The second-order valence-electron chi connectivity index (χ2n) is 5.35. The van der Waals surface area contributed by atoms with Crippen molar-refractivity contribution in [3.8, 4) is 11.1 Å². The van der Waals surface area contributed by atoms with Gasteiger partial charge in [-0.05, 0) is 60.6 Å². The summed E-state index contributed by atoms with van der Waals surface area (Å²) in [6.45, 7) is 7.94. The lowest BCUT2D eigenvalue weighted by Gasteiger charge is -2.18. The largest absolute Gasteiger partial charge is 0.398 e. The maximum absolute atomic E-state index is 12.1. The molecule has 0 saturated carbocycles. The minimum absolute atomic E-state index is 0.495. The van der Waals surface area contributed by atoms with Gasteiger partial charge >= 0.3 is 14.7 Å². The summed E-state index contributed by atoms with van der Waals surface area (Å²) in [6, 6.07) is 10.2. The first-order chi connectivity index (χ1) is 10.5. The molecule has 114 valence electrons. The van der Waals surface area contributed by atoms with Gasteiger partial charge in [-0.3, -0.25) is 0 Å². The Hall–Kier alpha value is -1.99. The third-order valence-corrected chi connectivity index (χ3v) is 4.20. The number of hydrogen-bond acceptors (Lipinski definition) is 3. The Bertz CT molecular complexity index is 735. The van der Waals surface area contributed by atoms with Crippen molar-refractivity contribution in [2.24, 2.45) is 0 Å². The van der Waals surface area contributed by atoms with Gasteiger partial charge in [-0.1, -0.05) is 37.3 Å². The highest BCUT2D eigenvalue weighted by Crippen LogP contribution is 2.34. The van der Waals surface area contributed by atoms with Gasteiger partial charge in [0.2, 0.25) is 0 Å². The maximum atomic E-state index is 12.1. The van der Waals surface area contributed by atoms with Gasteiger partial charge in [0.1, 0.15) is 0 Å². The number of rotatable bonds is 4. The van der Waals surface area contributed by atoms with Crippen molar-refractivity contribution in [2.75, 3.05) is 0 Å². The molecule has 0 heterocycles. The zero-order valence-corrected chi connectivity index (χ0v) is 14.2. The number of aryl methyl sites for hydroxylation is 3. The van der Waals surface area contributed by atoms with Crippen LogP contribution in [0.5, 0.6) is 0 Å². The zero-order chi connectivity index (χ0) is 16.3. The fourth-order valence-electron chi connectivity index (χ4n) is 3.07. The molecule has 0 unspecified atom stereocenters. The molecule has 0 spiro atoms. The van der Waals surface area contributed by atoms with Crippen LogP contribution in [0.2, 0.25) is 0 Å². The van der Waals surface area contributed by atoms with Crippen molar-refractivity contribution in [1.29, 1.82) is 0 Å². The van der Waals surface area contributed by atoms with E-state index in [2.05, 4.69) is 23.6 Å². The molecule has 0 aliphatic heterocycles. The molecule has 22 heavy (non-hydrogen) atoms. The standard InChI is InChI=1S/C18H19O3P/c1-5-14-8-6-7-9-15(14)16-11(2)10-12(3)17(13(16)4)18(19)21-22-20/h6-10H,5H2,1-4H3. The lowest BCUT2D eigenvalue weighted by Crippen LogP contribution is -2.07. The summed E-state index contributed by atoms with van der Waals surface area (Å²) in [7, 11) is -0.624. The molecule has 0 bridgehead atoms. The lowest BCUT2D eigenvalue weighted by molar-refractivity contribution is 0.0754. The summed E-state index contributed by atoms with van der Waals surface area (Å²) in [5.74, 6) is -0.554. The van der Waals surface area contributed by atoms with Gasteiger partial charge in [0, 0.05) is 0 Å². The topological polar surface area (TPSA) is 43.4 Å². The molecular formula is C18H19O3P. The van der Waals surface area contributed by atoms with E-state index < -0.39 is 14.7 Å². The van der Waals surface area contributed by atoms with Gasteiger partial charge < -0.3 is 4.52 Å². The first kappa shape index (κ1) is 16.4. The average molecular weight is 314 g/mol. The van der Waals surface area contributed by atoms with Crippen LogP contribution in [-0.2, 0) is 15.5 Å². The minimum atomic E-state index is -0.624. The molecular weight excluding hydrogens is 295 g/mol. The third-order valence-electron chi connectivity index (χ3n) is 3.96. The Morgan fingerprint density at radius 3 is 2.45 bits per heavy atom. The van der Waals surface area contributed by atoms with Gasteiger partial charge in [0.05, 0.1) is 5.56 Å². The van der Waals surface area contributed by atoms with Crippen LogP contribution in [0.3, 0.4) is 0 Å². The van der Waals surface area contributed by atoms with Crippen LogP contribution in [0.1, 0.15) is 39.5 Å². The van der Waals surface area contributed by atoms with Crippen molar-refractivity contribution in [1.82, 2.24) is 0 Å². The summed E-state index contributed by atoms with van der Waals surface area (Å²) in [5.41, 5.74) is 6.74. The second-order valence-corrected chi connectivity index (χ2v) is 5.68. The predicted molar refractivity (Wildman–Crippen MR) is 88.5 cm³/mol. The Morgan fingerprint density at radius 1 is 1.14 bits per heavy atom. The quantitative estimate of drug-likeness (QED) is 0.728. The van der Waals surface area contributed by atoms with E-state index in [1.54, 1.807) is 0 Å².